The lowest BCUT2D eigenvalue weighted by Crippen LogP contribution is -2.57. The van der Waals surface area contributed by atoms with Crippen LogP contribution >= 0.6 is 11.6 Å². The van der Waals surface area contributed by atoms with Gasteiger partial charge in [-0.3, -0.25) is 0 Å². The number of hydrogen-bond acceptors (Lipinski definition) is 6. The zero-order valence-electron chi connectivity index (χ0n) is 16.1. The highest BCUT2D eigenvalue weighted by molar-refractivity contribution is 6.32. The zero-order valence-corrected chi connectivity index (χ0v) is 16.8. The summed E-state index contributed by atoms with van der Waals surface area (Å²) in [6.07, 6.45) is 2.95. The summed E-state index contributed by atoms with van der Waals surface area (Å²) in [5.41, 5.74) is 3.96. The van der Waals surface area contributed by atoms with E-state index >= 15 is 0 Å². The standard InChI is InChI=1S/C20H16ClFN6O.H2O/c1-10-15(21)7-14(16(17(10)28-29)12-4-3-5-13(22)6-12)11(2)27-20-18-19(24-8-23-18)25-9-26-20;/h3-9,11H,1-2H3,(H2,23,24,25,26,27);1H2. The molecule has 30 heavy (non-hydrogen) atoms. The molecule has 8 nitrogen and oxygen atoms in total. The Morgan fingerprint density at radius 2 is 2.03 bits per heavy atom. The fourth-order valence-electron chi connectivity index (χ4n) is 3.35. The molecule has 0 amide bonds. The summed E-state index contributed by atoms with van der Waals surface area (Å²) in [7, 11) is 0. The minimum absolute atomic E-state index is 0. The molecule has 0 aliphatic heterocycles. The van der Waals surface area contributed by atoms with Crippen molar-refractivity contribution in [2.75, 3.05) is 5.32 Å². The smallest absolute Gasteiger partial charge is 0.265 e. The second-order valence-corrected chi connectivity index (χ2v) is 7.03. The fourth-order valence-corrected chi connectivity index (χ4v) is 3.56. The van der Waals surface area contributed by atoms with E-state index in [4.69, 9.17) is 11.6 Å². The molecule has 0 radical (unpaired) electrons. The highest BCUT2D eigenvalue weighted by Crippen LogP contribution is 2.39. The van der Waals surface area contributed by atoms with Gasteiger partial charge in [0.05, 0.1) is 23.0 Å². The molecule has 0 saturated carbocycles. The van der Waals surface area contributed by atoms with E-state index in [-0.39, 0.29) is 11.5 Å². The lowest BCUT2D eigenvalue weighted by Gasteiger charge is -2.20. The SMILES string of the molecule is Cc1c(Cl)cc(C(C)Nc2ncnc3nc[nH]c23)c(-c2cccc(F)c2)c1[NH+]=O.[OH-]. The molecule has 1 unspecified atom stereocenters. The highest BCUT2D eigenvalue weighted by Gasteiger charge is 2.25. The van der Waals surface area contributed by atoms with Crippen molar-refractivity contribution >= 4 is 34.3 Å². The Bertz CT molecular complexity index is 1230. The van der Waals surface area contributed by atoms with Gasteiger partial charge in [-0.2, -0.15) is 0 Å². The third-order valence-electron chi connectivity index (χ3n) is 4.81. The van der Waals surface area contributed by atoms with Crippen molar-refractivity contribution in [3.63, 3.8) is 0 Å². The Labute approximate surface area is 175 Å². The number of anilines is 1. The number of H-pyrrole nitrogens is 1. The monoisotopic (exact) mass is 428 g/mol. The topological polar surface area (TPSA) is 128 Å². The van der Waals surface area contributed by atoms with E-state index < -0.39 is 5.82 Å². The number of aromatic amines is 1. The second kappa shape index (κ2) is 8.52. The lowest BCUT2D eigenvalue weighted by atomic mass is 9.91. The molecule has 0 spiro atoms. The molecule has 0 bridgehead atoms. The average Bonchev–Trinajstić information content (AvgIpc) is 3.19. The summed E-state index contributed by atoms with van der Waals surface area (Å²) in [6.45, 7) is 3.65. The Hall–Kier alpha value is -3.43. The molecule has 2 aromatic carbocycles. The second-order valence-electron chi connectivity index (χ2n) is 6.62. The van der Waals surface area contributed by atoms with Crippen molar-refractivity contribution in [1.82, 2.24) is 19.9 Å². The Morgan fingerprint density at radius 3 is 2.77 bits per heavy atom. The molecule has 4 rings (SSSR count). The average molecular weight is 429 g/mol. The van der Waals surface area contributed by atoms with Crippen LogP contribution in [0.5, 0.6) is 0 Å². The quantitative estimate of drug-likeness (QED) is 0.445. The number of aromatic nitrogens is 4. The summed E-state index contributed by atoms with van der Waals surface area (Å²) >= 11 is 6.39. The van der Waals surface area contributed by atoms with Crippen molar-refractivity contribution in [3.8, 4) is 11.1 Å². The van der Waals surface area contributed by atoms with Gasteiger partial charge in [0, 0.05) is 15.6 Å². The minimum atomic E-state index is -0.395. The lowest BCUT2D eigenvalue weighted by molar-refractivity contribution is -0.379. The van der Waals surface area contributed by atoms with Gasteiger partial charge in [-0.15, -0.1) is 0 Å². The number of nitrogens with zero attached hydrogens (tertiary/aromatic N) is 3. The normalized spacial score (nSPS) is 11.7. The fraction of sp³-hybridized carbons (Fsp3) is 0.150. The molecular weight excluding hydrogens is 411 g/mol. The Balaban J connectivity index is 0.00000256. The molecule has 1 atom stereocenters. The number of benzene rings is 2. The van der Waals surface area contributed by atoms with Gasteiger partial charge in [0.1, 0.15) is 17.7 Å². The first-order valence-corrected chi connectivity index (χ1v) is 9.25. The van der Waals surface area contributed by atoms with Crippen LogP contribution in [0.25, 0.3) is 22.3 Å². The van der Waals surface area contributed by atoms with Gasteiger partial charge in [-0.05, 0) is 43.2 Å². The highest BCUT2D eigenvalue weighted by atomic mass is 35.5. The number of nitroso groups, excluding NO2 is 1. The van der Waals surface area contributed by atoms with Gasteiger partial charge in [0.2, 0.25) is 0 Å². The first-order valence-electron chi connectivity index (χ1n) is 8.87. The van der Waals surface area contributed by atoms with E-state index in [1.165, 1.54) is 24.8 Å². The van der Waals surface area contributed by atoms with Gasteiger partial charge in [0.15, 0.2) is 11.5 Å². The van der Waals surface area contributed by atoms with Gasteiger partial charge in [-0.25, -0.2) is 19.3 Å². The predicted molar refractivity (Wildman–Crippen MR) is 111 cm³/mol. The molecule has 0 fully saturated rings. The number of rotatable bonds is 5. The summed E-state index contributed by atoms with van der Waals surface area (Å²) in [5.74, 6) is 0.159. The van der Waals surface area contributed by atoms with E-state index in [1.807, 2.05) is 12.1 Å². The number of nitrogens with one attached hydrogen (secondary N) is 3. The Morgan fingerprint density at radius 1 is 1.23 bits per heavy atom. The van der Waals surface area contributed by atoms with Crippen LogP contribution < -0.4 is 10.5 Å². The van der Waals surface area contributed by atoms with E-state index in [1.54, 1.807) is 25.1 Å². The van der Waals surface area contributed by atoms with Crippen LogP contribution in [0.4, 0.5) is 15.9 Å². The van der Waals surface area contributed by atoms with E-state index in [0.29, 0.717) is 44.4 Å². The third kappa shape index (κ3) is 3.72. The molecule has 2 heterocycles. The summed E-state index contributed by atoms with van der Waals surface area (Å²) in [5, 5.41) is 5.72. The number of fused-ring (bicyclic) bond motifs is 1. The molecule has 0 aliphatic rings. The van der Waals surface area contributed by atoms with Crippen LogP contribution in [0.1, 0.15) is 24.1 Å². The summed E-state index contributed by atoms with van der Waals surface area (Å²) in [6, 6.07) is 7.55. The van der Waals surface area contributed by atoms with Crippen LogP contribution in [0.3, 0.4) is 0 Å². The van der Waals surface area contributed by atoms with Gasteiger partial charge < -0.3 is 15.8 Å². The maximum absolute atomic E-state index is 13.9. The van der Waals surface area contributed by atoms with Crippen molar-refractivity contribution in [1.29, 1.82) is 0 Å². The molecule has 4 aromatic rings. The molecule has 0 saturated heterocycles. The van der Waals surface area contributed by atoms with E-state index in [0.717, 1.165) is 5.56 Å². The van der Waals surface area contributed by atoms with Crippen LogP contribution in [0.2, 0.25) is 5.02 Å². The van der Waals surface area contributed by atoms with Crippen molar-refractivity contribution < 1.29 is 15.0 Å². The summed E-state index contributed by atoms with van der Waals surface area (Å²) in [4.78, 5) is 27.3. The van der Waals surface area contributed by atoms with Crippen molar-refractivity contribution in [2.24, 2.45) is 0 Å². The maximum atomic E-state index is 13.9. The first-order chi connectivity index (χ1) is 14.0. The van der Waals surface area contributed by atoms with Gasteiger partial charge >= 0.3 is 0 Å². The number of halogens is 2. The van der Waals surface area contributed by atoms with Gasteiger partial charge in [-0.1, -0.05) is 23.7 Å². The maximum Gasteiger partial charge on any atom is 0.265 e. The van der Waals surface area contributed by atoms with E-state index in [2.05, 4.69) is 25.3 Å². The molecule has 154 valence electrons. The van der Waals surface area contributed by atoms with Crippen molar-refractivity contribution in [2.45, 2.75) is 19.9 Å². The van der Waals surface area contributed by atoms with Crippen LogP contribution in [-0.4, -0.2) is 25.4 Å². The van der Waals surface area contributed by atoms with Gasteiger partial charge in [0.25, 0.3) is 5.69 Å². The van der Waals surface area contributed by atoms with Crippen LogP contribution in [-0.2, 0) is 0 Å². The number of imidazole rings is 1. The first kappa shape index (κ1) is 21.3. The minimum Gasteiger partial charge on any atom is -0.870 e. The third-order valence-corrected chi connectivity index (χ3v) is 5.20. The zero-order chi connectivity index (χ0) is 20.5. The molecule has 4 N–H and O–H groups in total. The van der Waals surface area contributed by atoms with Crippen LogP contribution in [0, 0.1) is 17.6 Å². The predicted octanol–water partition coefficient (Wildman–Crippen LogP) is 3.60. The number of hydrogen-bond donors (Lipinski definition) is 3. The van der Waals surface area contributed by atoms with E-state index in [9.17, 15) is 9.30 Å². The largest absolute Gasteiger partial charge is 0.870 e. The summed E-state index contributed by atoms with van der Waals surface area (Å²) < 4.78 is 13.9. The van der Waals surface area contributed by atoms with Crippen molar-refractivity contribution in [3.05, 3.63) is 69.9 Å². The molecular formula is C20H18ClFN6O2. The Kier molecular flexibility index (Phi) is 6.04. The molecule has 2 aromatic heterocycles. The molecule has 10 heteroatoms. The molecule has 0 aliphatic carbocycles. The van der Waals surface area contributed by atoms with Crippen LogP contribution in [0.15, 0.2) is 43.0 Å².